The van der Waals surface area contributed by atoms with E-state index in [4.69, 9.17) is 4.74 Å². The van der Waals surface area contributed by atoms with E-state index in [2.05, 4.69) is 0 Å². The molecule has 1 aliphatic rings. The number of aromatic nitrogens is 1. The van der Waals surface area contributed by atoms with E-state index in [0.29, 0.717) is 24.2 Å². The van der Waals surface area contributed by atoms with E-state index in [1.165, 1.54) is 18.9 Å². The van der Waals surface area contributed by atoms with Gasteiger partial charge >= 0.3 is 5.97 Å². The first-order valence-electron chi connectivity index (χ1n) is 6.51. The standard InChI is InChI=1S/C14H18N2O4/c1-9(17)10-7-12(15(2)8-10)13(18)16-6-4-5-11(16)14(19)20-3/h7-8,11H,4-6H2,1-3H3. The number of Topliss-reactive ketones (excluding diaryl/α,β-unsaturated/α-hetero) is 1. The van der Waals surface area contributed by atoms with Crippen LogP contribution in [0.2, 0.25) is 0 Å². The zero-order chi connectivity index (χ0) is 14.9. The maximum atomic E-state index is 12.5. The number of aryl methyl sites for hydroxylation is 1. The van der Waals surface area contributed by atoms with Gasteiger partial charge in [0.05, 0.1) is 7.11 Å². The molecule has 6 nitrogen and oxygen atoms in total. The van der Waals surface area contributed by atoms with E-state index in [1.807, 2.05) is 0 Å². The largest absolute Gasteiger partial charge is 0.467 e. The molecule has 0 radical (unpaired) electrons. The van der Waals surface area contributed by atoms with Crippen molar-refractivity contribution in [1.29, 1.82) is 0 Å². The van der Waals surface area contributed by atoms with Crippen LogP contribution in [0.3, 0.4) is 0 Å². The lowest BCUT2D eigenvalue weighted by Gasteiger charge is -2.22. The van der Waals surface area contributed by atoms with Crippen molar-refractivity contribution in [2.75, 3.05) is 13.7 Å². The molecular formula is C14H18N2O4. The number of nitrogens with zero attached hydrogens (tertiary/aromatic N) is 2. The molecule has 1 atom stereocenters. The van der Waals surface area contributed by atoms with Crippen LogP contribution in [0.5, 0.6) is 0 Å². The molecule has 1 aromatic heterocycles. The summed E-state index contributed by atoms with van der Waals surface area (Å²) < 4.78 is 6.35. The van der Waals surface area contributed by atoms with Crippen LogP contribution < -0.4 is 0 Å². The molecule has 6 heteroatoms. The normalized spacial score (nSPS) is 18.1. The van der Waals surface area contributed by atoms with Gasteiger partial charge in [0, 0.05) is 25.4 Å². The summed E-state index contributed by atoms with van der Waals surface area (Å²) in [6.07, 6.45) is 3.01. The molecule has 0 aliphatic carbocycles. The van der Waals surface area contributed by atoms with E-state index in [9.17, 15) is 14.4 Å². The van der Waals surface area contributed by atoms with Crippen LogP contribution in [-0.2, 0) is 16.6 Å². The molecule has 1 aromatic rings. The number of hydrogen-bond acceptors (Lipinski definition) is 4. The molecule has 108 valence electrons. The van der Waals surface area contributed by atoms with Gasteiger partial charge in [-0.1, -0.05) is 0 Å². The lowest BCUT2D eigenvalue weighted by atomic mass is 10.2. The second-order valence-corrected chi connectivity index (χ2v) is 4.96. The number of methoxy groups -OCH3 is 1. The Morgan fingerprint density at radius 1 is 1.35 bits per heavy atom. The molecule has 20 heavy (non-hydrogen) atoms. The highest BCUT2D eigenvalue weighted by atomic mass is 16.5. The maximum absolute atomic E-state index is 12.5. The van der Waals surface area contributed by atoms with E-state index in [-0.39, 0.29) is 11.7 Å². The lowest BCUT2D eigenvalue weighted by Crippen LogP contribution is -2.41. The summed E-state index contributed by atoms with van der Waals surface area (Å²) in [4.78, 5) is 37.1. The Bertz CT molecular complexity index is 562. The van der Waals surface area contributed by atoms with Crippen molar-refractivity contribution in [2.24, 2.45) is 7.05 Å². The first-order chi connectivity index (χ1) is 9.45. The van der Waals surface area contributed by atoms with Crippen LogP contribution >= 0.6 is 0 Å². The van der Waals surface area contributed by atoms with Gasteiger partial charge in [0.2, 0.25) is 0 Å². The summed E-state index contributed by atoms with van der Waals surface area (Å²) in [6, 6.07) is 1.04. The van der Waals surface area contributed by atoms with E-state index in [1.54, 1.807) is 23.9 Å². The number of ketones is 1. The van der Waals surface area contributed by atoms with E-state index >= 15 is 0 Å². The number of amides is 1. The van der Waals surface area contributed by atoms with Gasteiger partial charge in [0.15, 0.2) is 5.78 Å². The number of likely N-dealkylation sites (tertiary alicyclic amines) is 1. The summed E-state index contributed by atoms with van der Waals surface area (Å²) in [5, 5.41) is 0. The van der Waals surface area contributed by atoms with Crippen LogP contribution in [0.4, 0.5) is 0 Å². The summed E-state index contributed by atoms with van der Waals surface area (Å²) >= 11 is 0. The Kier molecular flexibility index (Phi) is 3.92. The van der Waals surface area contributed by atoms with E-state index < -0.39 is 12.0 Å². The van der Waals surface area contributed by atoms with E-state index in [0.717, 1.165) is 6.42 Å². The smallest absolute Gasteiger partial charge is 0.328 e. The number of hydrogen-bond donors (Lipinski definition) is 0. The SMILES string of the molecule is COC(=O)C1CCCN1C(=O)c1cc(C(C)=O)cn1C. The first-order valence-corrected chi connectivity index (χ1v) is 6.51. The number of esters is 1. The number of rotatable bonds is 3. The molecule has 1 saturated heterocycles. The molecule has 1 aliphatic heterocycles. The molecule has 0 saturated carbocycles. The zero-order valence-corrected chi connectivity index (χ0v) is 11.9. The Morgan fingerprint density at radius 2 is 2.05 bits per heavy atom. The molecular weight excluding hydrogens is 260 g/mol. The van der Waals surface area contributed by atoms with Gasteiger partial charge in [-0.25, -0.2) is 4.79 Å². The van der Waals surface area contributed by atoms with Gasteiger partial charge in [-0.15, -0.1) is 0 Å². The minimum atomic E-state index is -0.525. The van der Waals surface area contributed by atoms with Gasteiger partial charge in [-0.2, -0.15) is 0 Å². The fourth-order valence-corrected chi connectivity index (χ4v) is 2.51. The summed E-state index contributed by atoms with van der Waals surface area (Å²) in [5.74, 6) is -0.727. The predicted molar refractivity (Wildman–Crippen MR) is 71.5 cm³/mol. The Morgan fingerprint density at radius 3 is 2.60 bits per heavy atom. The highest BCUT2D eigenvalue weighted by Gasteiger charge is 2.36. The highest BCUT2D eigenvalue weighted by molar-refractivity contribution is 6.00. The predicted octanol–water partition coefficient (Wildman–Crippen LogP) is 1.01. The second kappa shape index (κ2) is 5.48. The molecule has 0 bridgehead atoms. The van der Waals surface area contributed by atoms with Crippen LogP contribution in [0, 0.1) is 0 Å². The van der Waals surface area contributed by atoms with Crippen molar-refractivity contribution in [3.63, 3.8) is 0 Å². The van der Waals surface area contributed by atoms with Gasteiger partial charge in [-0.3, -0.25) is 9.59 Å². The summed E-state index contributed by atoms with van der Waals surface area (Å²) in [6.45, 7) is 1.98. The van der Waals surface area contributed by atoms with Gasteiger partial charge in [0.25, 0.3) is 5.91 Å². The molecule has 1 fully saturated rings. The topological polar surface area (TPSA) is 68.6 Å². The highest BCUT2D eigenvalue weighted by Crippen LogP contribution is 2.22. The van der Waals surface area contributed by atoms with Crippen molar-refractivity contribution in [2.45, 2.75) is 25.8 Å². The maximum Gasteiger partial charge on any atom is 0.328 e. The zero-order valence-electron chi connectivity index (χ0n) is 11.9. The molecule has 0 spiro atoms. The van der Waals surface area contributed by atoms with Crippen molar-refractivity contribution in [3.05, 3.63) is 23.5 Å². The van der Waals surface area contributed by atoms with Gasteiger partial charge in [-0.05, 0) is 25.8 Å². The minimum Gasteiger partial charge on any atom is -0.467 e. The molecule has 1 unspecified atom stereocenters. The quantitative estimate of drug-likeness (QED) is 0.611. The van der Waals surface area contributed by atoms with Crippen LogP contribution in [0.1, 0.15) is 40.6 Å². The first kappa shape index (κ1) is 14.3. The minimum absolute atomic E-state index is 0.0920. The number of ether oxygens (including phenoxy) is 1. The van der Waals surface area contributed by atoms with Crippen LogP contribution in [-0.4, -0.2) is 46.8 Å². The fourth-order valence-electron chi connectivity index (χ4n) is 2.51. The fraction of sp³-hybridized carbons (Fsp3) is 0.500. The number of carbonyl (C=O) groups excluding carboxylic acids is 3. The molecule has 0 aromatic carbocycles. The van der Waals surface area contributed by atoms with Gasteiger partial charge < -0.3 is 14.2 Å². The third kappa shape index (κ3) is 2.45. The lowest BCUT2D eigenvalue weighted by molar-refractivity contribution is -0.145. The van der Waals surface area contributed by atoms with Crippen LogP contribution in [0.15, 0.2) is 12.3 Å². The average Bonchev–Trinajstić information content (AvgIpc) is 3.03. The monoisotopic (exact) mass is 278 g/mol. The van der Waals surface area contributed by atoms with Crippen molar-refractivity contribution in [3.8, 4) is 0 Å². The molecule has 2 rings (SSSR count). The average molecular weight is 278 g/mol. The Balaban J connectivity index is 2.26. The Hall–Kier alpha value is -2.11. The summed E-state index contributed by atoms with van der Waals surface area (Å²) in [5.41, 5.74) is 0.899. The second-order valence-electron chi connectivity index (χ2n) is 4.96. The summed E-state index contributed by atoms with van der Waals surface area (Å²) in [7, 11) is 3.03. The van der Waals surface area contributed by atoms with Gasteiger partial charge in [0.1, 0.15) is 11.7 Å². The van der Waals surface area contributed by atoms with Crippen molar-refractivity contribution >= 4 is 17.7 Å². The third-order valence-electron chi connectivity index (χ3n) is 3.62. The van der Waals surface area contributed by atoms with Crippen molar-refractivity contribution < 1.29 is 19.1 Å². The molecule has 2 heterocycles. The molecule has 1 amide bonds. The van der Waals surface area contributed by atoms with Crippen LogP contribution in [0.25, 0.3) is 0 Å². The third-order valence-corrected chi connectivity index (χ3v) is 3.62. The molecule has 0 N–H and O–H groups in total. The number of carbonyl (C=O) groups is 3. The van der Waals surface area contributed by atoms with Crippen molar-refractivity contribution in [1.82, 2.24) is 9.47 Å². The Labute approximate surface area is 117 Å².